The Kier molecular flexibility index (Phi) is 5.12. The first kappa shape index (κ1) is 14.5. The fourth-order valence-corrected chi connectivity index (χ4v) is 2.03. The molecule has 6 heteroatoms. The van der Waals surface area contributed by atoms with E-state index in [1.807, 2.05) is 0 Å². The summed E-state index contributed by atoms with van der Waals surface area (Å²) in [6.45, 7) is 3.64. The van der Waals surface area contributed by atoms with E-state index in [0.29, 0.717) is 13.0 Å². The fraction of sp³-hybridized carbons (Fsp3) is 0.750. The number of carbonyl (C=O) groups is 3. The van der Waals surface area contributed by atoms with Gasteiger partial charge in [-0.3, -0.25) is 9.59 Å². The number of amides is 1. The van der Waals surface area contributed by atoms with Gasteiger partial charge in [-0.05, 0) is 19.8 Å². The molecule has 1 heterocycles. The molecule has 0 spiro atoms. The Bertz CT molecular complexity index is 341. The molecule has 0 aromatic heterocycles. The monoisotopic (exact) mass is 257 g/mol. The largest absolute Gasteiger partial charge is 0.469 e. The summed E-state index contributed by atoms with van der Waals surface area (Å²) in [4.78, 5) is 35.7. The van der Waals surface area contributed by atoms with Crippen LogP contribution in [0, 0.1) is 0 Å². The minimum atomic E-state index is -0.542. The summed E-state index contributed by atoms with van der Waals surface area (Å²) in [5.74, 6) is -1.00. The third-order valence-electron chi connectivity index (χ3n) is 2.93. The van der Waals surface area contributed by atoms with Gasteiger partial charge in [-0.15, -0.1) is 0 Å². The maximum absolute atomic E-state index is 11.9. The first-order valence-corrected chi connectivity index (χ1v) is 6.00. The standard InChI is InChI=1S/C12H19NO5/c1-8(7-11(15)17-3)18-12(16)10-5-4-6-13(10)9(2)14/h8,10H,4-7H2,1-3H3. The van der Waals surface area contributed by atoms with E-state index in [0.717, 1.165) is 6.42 Å². The van der Waals surface area contributed by atoms with E-state index in [-0.39, 0.29) is 12.3 Å². The molecular formula is C12H19NO5. The van der Waals surface area contributed by atoms with Crippen molar-refractivity contribution in [2.45, 2.75) is 45.3 Å². The van der Waals surface area contributed by atoms with Gasteiger partial charge in [0.25, 0.3) is 0 Å². The predicted octanol–water partition coefficient (Wildman–Crippen LogP) is 0.492. The highest BCUT2D eigenvalue weighted by molar-refractivity contribution is 5.84. The highest BCUT2D eigenvalue weighted by Gasteiger charge is 2.34. The van der Waals surface area contributed by atoms with Gasteiger partial charge in [0.05, 0.1) is 13.5 Å². The molecule has 0 bridgehead atoms. The number of hydrogen-bond acceptors (Lipinski definition) is 5. The van der Waals surface area contributed by atoms with Crippen LogP contribution in [-0.2, 0) is 23.9 Å². The SMILES string of the molecule is COC(=O)CC(C)OC(=O)C1CCCN1C(C)=O. The summed E-state index contributed by atoms with van der Waals surface area (Å²) >= 11 is 0. The van der Waals surface area contributed by atoms with Gasteiger partial charge < -0.3 is 14.4 Å². The lowest BCUT2D eigenvalue weighted by atomic mass is 10.2. The van der Waals surface area contributed by atoms with Crippen molar-refractivity contribution in [3.63, 3.8) is 0 Å². The van der Waals surface area contributed by atoms with E-state index in [1.165, 1.54) is 18.9 Å². The Morgan fingerprint density at radius 2 is 2.06 bits per heavy atom. The van der Waals surface area contributed by atoms with Crippen LogP contribution in [-0.4, -0.2) is 48.5 Å². The predicted molar refractivity (Wildman–Crippen MR) is 62.6 cm³/mol. The van der Waals surface area contributed by atoms with Gasteiger partial charge in [-0.1, -0.05) is 0 Å². The zero-order valence-corrected chi connectivity index (χ0v) is 11.0. The normalized spacial score (nSPS) is 20.4. The quantitative estimate of drug-likeness (QED) is 0.685. The zero-order chi connectivity index (χ0) is 13.7. The average Bonchev–Trinajstić information content (AvgIpc) is 2.77. The highest BCUT2D eigenvalue weighted by Crippen LogP contribution is 2.19. The fourth-order valence-electron chi connectivity index (χ4n) is 2.03. The third kappa shape index (κ3) is 3.72. The maximum Gasteiger partial charge on any atom is 0.329 e. The second-order valence-electron chi connectivity index (χ2n) is 4.40. The molecule has 1 fully saturated rings. The molecule has 6 nitrogen and oxygen atoms in total. The van der Waals surface area contributed by atoms with Crippen LogP contribution in [0.5, 0.6) is 0 Å². The highest BCUT2D eigenvalue weighted by atomic mass is 16.6. The average molecular weight is 257 g/mol. The van der Waals surface area contributed by atoms with E-state index < -0.39 is 24.1 Å². The molecule has 0 aromatic rings. The van der Waals surface area contributed by atoms with Crippen molar-refractivity contribution in [3.05, 3.63) is 0 Å². The van der Waals surface area contributed by atoms with Crippen molar-refractivity contribution in [1.82, 2.24) is 4.90 Å². The lowest BCUT2D eigenvalue weighted by molar-refractivity contribution is -0.159. The van der Waals surface area contributed by atoms with Crippen molar-refractivity contribution in [1.29, 1.82) is 0 Å². The van der Waals surface area contributed by atoms with Crippen LogP contribution in [0.4, 0.5) is 0 Å². The van der Waals surface area contributed by atoms with Crippen LogP contribution in [0.2, 0.25) is 0 Å². The van der Waals surface area contributed by atoms with Gasteiger partial charge in [-0.2, -0.15) is 0 Å². The molecule has 0 radical (unpaired) electrons. The molecule has 0 saturated carbocycles. The van der Waals surface area contributed by atoms with Crippen molar-refractivity contribution in [3.8, 4) is 0 Å². The number of likely N-dealkylation sites (tertiary alicyclic amines) is 1. The second kappa shape index (κ2) is 6.37. The van der Waals surface area contributed by atoms with Gasteiger partial charge in [0.15, 0.2) is 0 Å². The summed E-state index contributed by atoms with van der Waals surface area (Å²) in [5.41, 5.74) is 0. The van der Waals surface area contributed by atoms with Gasteiger partial charge in [0, 0.05) is 13.5 Å². The van der Waals surface area contributed by atoms with Crippen LogP contribution >= 0.6 is 0 Å². The van der Waals surface area contributed by atoms with E-state index in [1.54, 1.807) is 6.92 Å². The molecule has 18 heavy (non-hydrogen) atoms. The Morgan fingerprint density at radius 1 is 1.39 bits per heavy atom. The Labute approximate surface area is 106 Å². The maximum atomic E-state index is 11.9. The lowest BCUT2D eigenvalue weighted by Gasteiger charge is -2.23. The van der Waals surface area contributed by atoms with Crippen LogP contribution in [0.1, 0.15) is 33.1 Å². The molecule has 1 saturated heterocycles. The molecule has 2 atom stereocenters. The van der Waals surface area contributed by atoms with Gasteiger partial charge >= 0.3 is 11.9 Å². The number of nitrogens with zero attached hydrogens (tertiary/aromatic N) is 1. The number of hydrogen-bond donors (Lipinski definition) is 0. The van der Waals surface area contributed by atoms with Crippen molar-refractivity contribution < 1.29 is 23.9 Å². The van der Waals surface area contributed by atoms with Gasteiger partial charge in [0.1, 0.15) is 12.1 Å². The summed E-state index contributed by atoms with van der Waals surface area (Å²) < 4.78 is 9.65. The first-order valence-electron chi connectivity index (χ1n) is 6.00. The number of ether oxygens (including phenoxy) is 2. The second-order valence-corrected chi connectivity index (χ2v) is 4.40. The molecule has 1 aliphatic heterocycles. The molecule has 0 N–H and O–H groups in total. The molecule has 0 aromatic carbocycles. The summed E-state index contributed by atoms with van der Waals surface area (Å²) in [6.07, 6.45) is 0.891. The van der Waals surface area contributed by atoms with Gasteiger partial charge in [0.2, 0.25) is 5.91 Å². The van der Waals surface area contributed by atoms with Crippen LogP contribution < -0.4 is 0 Å². The Morgan fingerprint density at radius 3 is 2.61 bits per heavy atom. The van der Waals surface area contributed by atoms with E-state index in [9.17, 15) is 14.4 Å². The number of esters is 2. The smallest absolute Gasteiger partial charge is 0.329 e. The molecule has 1 rings (SSSR count). The first-order chi connectivity index (χ1) is 8.45. The summed E-state index contributed by atoms with van der Waals surface area (Å²) in [5, 5.41) is 0. The molecule has 1 amide bonds. The van der Waals surface area contributed by atoms with Gasteiger partial charge in [-0.25, -0.2) is 4.79 Å². The van der Waals surface area contributed by atoms with Crippen molar-refractivity contribution in [2.75, 3.05) is 13.7 Å². The van der Waals surface area contributed by atoms with Crippen LogP contribution in [0.25, 0.3) is 0 Å². The summed E-state index contributed by atoms with van der Waals surface area (Å²) in [7, 11) is 1.28. The van der Waals surface area contributed by atoms with E-state index in [2.05, 4.69) is 4.74 Å². The molecule has 102 valence electrons. The Balaban J connectivity index is 2.49. The number of rotatable bonds is 4. The van der Waals surface area contributed by atoms with Crippen molar-refractivity contribution >= 4 is 17.8 Å². The van der Waals surface area contributed by atoms with Crippen LogP contribution in [0.3, 0.4) is 0 Å². The van der Waals surface area contributed by atoms with E-state index in [4.69, 9.17) is 4.74 Å². The number of methoxy groups -OCH3 is 1. The van der Waals surface area contributed by atoms with Crippen LogP contribution in [0.15, 0.2) is 0 Å². The lowest BCUT2D eigenvalue weighted by Crippen LogP contribution is -2.41. The molecule has 0 aliphatic carbocycles. The zero-order valence-electron chi connectivity index (χ0n) is 11.0. The van der Waals surface area contributed by atoms with Crippen molar-refractivity contribution in [2.24, 2.45) is 0 Å². The molecule has 2 unspecified atom stereocenters. The third-order valence-corrected chi connectivity index (χ3v) is 2.93. The minimum absolute atomic E-state index is 0.0228. The van der Waals surface area contributed by atoms with E-state index >= 15 is 0 Å². The molecule has 1 aliphatic rings. The topological polar surface area (TPSA) is 72.9 Å². The minimum Gasteiger partial charge on any atom is -0.469 e. The number of carbonyl (C=O) groups excluding carboxylic acids is 3. The summed E-state index contributed by atoms with van der Waals surface area (Å²) in [6, 6.07) is -0.511. The molecular weight excluding hydrogens is 238 g/mol. The Hall–Kier alpha value is -1.59.